The number of benzene rings is 2. The van der Waals surface area contributed by atoms with Crippen molar-refractivity contribution in [3.63, 3.8) is 0 Å². The molecule has 3 N–H and O–H groups in total. The second-order valence-electron chi connectivity index (χ2n) is 7.06. The number of amides is 2. The minimum absolute atomic E-state index is 0.0679. The molecule has 2 unspecified atom stereocenters. The summed E-state index contributed by atoms with van der Waals surface area (Å²) in [5.41, 5.74) is 1.25. The first kappa shape index (κ1) is 21.2. The lowest BCUT2D eigenvalue weighted by atomic mass is 9.98. The molecule has 0 spiro atoms. The van der Waals surface area contributed by atoms with Crippen molar-refractivity contribution in [2.45, 2.75) is 32.2 Å². The van der Waals surface area contributed by atoms with Crippen LogP contribution in [0.15, 0.2) is 60.7 Å². The summed E-state index contributed by atoms with van der Waals surface area (Å²) >= 11 is 0. The summed E-state index contributed by atoms with van der Waals surface area (Å²) in [5.74, 6) is -2.39. The molecule has 0 aliphatic heterocycles. The van der Waals surface area contributed by atoms with Gasteiger partial charge in [-0.3, -0.25) is 14.4 Å². The summed E-state index contributed by atoms with van der Waals surface area (Å²) in [7, 11) is 0. The summed E-state index contributed by atoms with van der Waals surface area (Å²) in [4.78, 5) is 36.7. The first-order valence-electron chi connectivity index (χ1n) is 9.28. The van der Waals surface area contributed by atoms with E-state index in [9.17, 15) is 19.5 Å². The number of hydrogen-bond acceptors (Lipinski definition) is 3. The molecule has 6 heteroatoms. The van der Waals surface area contributed by atoms with E-state index in [1.54, 1.807) is 54.6 Å². The van der Waals surface area contributed by atoms with Crippen LogP contribution >= 0.6 is 0 Å². The molecular weight excluding hydrogens is 356 g/mol. The number of hydrogen-bond donors (Lipinski definition) is 3. The number of aliphatic carboxylic acids is 1. The average Bonchev–Trinajstić information content (AvgIpc) is 2.67. The molecule has 0 fully saturated rings. The van der Waals surface area contributed by atoms with E-state index in [-0.39, 0.29) is 18.4 Å². The Balaban J connectivity index is 2.13. The molecule has 2 atom stereocenters. The largest absolute Gasteiger partial charge is 0.481 e. The van der Waals surface area contributed by atoms with E-state index in [1.807, 2.05) is 19.9 Å². The third-order valence-corrected chi connectivity index (χ3v) is 4.27. The summed E-state index contributed by atoms with van der Waals surface area (Å²) in [6.45, 7) is 3.78. The van der Waals surface area contributed by atoms with E-state index in [0.29, 0.717) is 17.5 Å². The number of nitrogens with one attached hydrogen (secondary N) is 2. The summed E-state index contributed by atoms with van der Waals surface area (Å²) < 4.78 is 0. The first-order valence-corrected chi connectivity index (χ1v) is 9.28. The Bertz CT molecular complexity index is 791. The third-order valence-electron chi connectivity index (χ3n) is 4.27. The van der Waals surface area contributed by atoms with Crippen LogP contribution in [0.3, 0.4) is 0 Å². The highest BCUT2D eigenvalue weighted by molar-refractivity contribution is 5.89. The Kier molecular flexibility index (Phi) is 7.75. The van der Waals surface area contributed by atoms with Gasteiger partial charge in [-0.15, -0.1) is 0 Å². The van der Waals surface area contributed by atoms with Crippen LogP contribution in [0.4, 0.5) is 0 Å². The van der Waals surface area contributed by atoms with Crippen molar-refractivity contribution in [1.82, 2.24) is 10.6 Å². The van der Waals surface area contributed by atoms with Gasteiger partial charge in [0.1, 0.15) is 6.04 Å². The predicted octanol–water partition coefficient (Wildman–Crippen LogP) is 2.87. The second-order valence-corrected chi connectivity index (χ2v) is 7.06. The monoisotopic (exact) mass is 382 g/mol. The molecule has 0 aliphatic carbocycles. The quantitative estimate of drug-likeness (QED) is 0.621. The second kappa shape index (κ2) is 10.3. The molecule has 2 aromatic carbocycles. The lowest BCUT2D eigenvalue weighted by Gasteiger charge is -2.21. The minimum Gasteiger partial charge on any atom is -0.481 e. The molecule has 0 bridgehead atoms. The topological polar surface area (TPSA) is 95.5 Å². The van der Waals surface area contributed by atoms with Crippen molar-refractivity contribution >= 4 is 17.8 Å². The number of carboxylic acids is 1. The zero-order chi connectivity index (χ0) is 20.5. The first-order chi connectivity index (χ1) is 13.4. The fraction of sp³-hybridized carbons (Fsp3) is 0.318. The molecule has 0 aromatic heterocycles. The van der Waals surface area contributed by atoms with Crippen molar-refractivity contribution in [2.24, 2.45) is 5.92 Å². The Labute approximate surface area is 165 Å². The summed E-state index contributed by atoms with van der Waals surface area (Å²) in [6, 6.07) is 16.8. The van der Waals surface area contributed by atoms with Crippen molar-refractivity contribution in [2.75, 3.05) is 6.54 Å². The third kappa shape index (κ3) is 6.23. The highest BCUT2D eigenvalue weighted by Crippen LogP contribution is 2.17. The average molecular weight is 382 g/mol. The van der Waals surface area contributed by atoms with Crippen LogP contribution in [-0.4, -0.2) is 29.4 Å². The van der Waals surface area contributed by atoms with Gasteiger partial charge in [0.15, 0.2) is 0 Å². The molecule has 2 rings (SSSR count). The predicted molar refractivity (Wildman–Crippen MR) is 107 cm³/mol. The number of carbonyl (C=O) groups is 3. The summed E-state index contributed by atoms with van der Waals surface area (Å²) in [6.07, 6.45) is 0.304. The molecule has 0 heterocycles. The van der Waals surface area contributed by atoms with E-state index in [1.165, 1.54) is 0 Å². The van der Waals surface area contributed by atoms with Crippen molar-refractivity contribution in [3.05, 3.63) is 71.8 Å². The molecule has 148 valence electrons. The number of rotatable bonds is 9. The molecule has 0 radical (unpaired) electrons. The zero-order valence-corrected chi connectivity index (χ0v) is 16.1. The molecule has 0 saturated heterocycles. The smallest absolute Gasteiger partial charge is 0.312 e. The van der Waals surface area contributed by atoms with Crippen LogP contribution < -0.4 is 10.6 Å². The van der Waals surface area contributed by atoms with Crippen LogP contribution in [0.1, 0.15) is 43.4 Å². The highest BCUT2D eigenvalue weighted by Gasteiger charge is 2.26. The lowest BCUT2D eigenvalue weighted by Crippen LogP contribution is -2.42. The van der Waals surface area contributed by atoms with Crippen LogP contribution in [0.5, 0.6) is 0 Å². The van der Waals surface area contributed by atoms with Crippen LogP contribution in [0, 0.1) is 5.92 Å². The summed E-state index contributed by atoms with van der Waals surface area (Å²) in [5, 5.41) is 15.0. The maximum atomic E-state index is 12.8. The van der Waals surface area contributed by atoms with Gasteiger partial charge in [-0.1, -0.05) is 74.5 Å². The van der Waals surface area contributed by atoms with Crippen molar-refractivity contribution in [3.8, 4) is 0 Å². The van der Waals surface area contributed by atoms with Crippen molar-refractivity contribution < 1.29 is 19.5 Å². The van der Waals surface area contributed by atoms with Gasteiger partial charge in [-0.2, -0.15) is 0 Å². The lowest BCUT2D eigenvalue weighted by molar-refractivity contribution is -0.139. The van der Waals surface area contributed by atoms with Gasteiger partial charge in [0.05, 0.1) is 5.92 Å². The van der Waals surface area contributed by atoms with Crippen LogP contribution in [0.2, 0.25) is 0 Å². The maximum absolute atomic E-state index is 12.8. The van der Waals surface area contributed by atoms with E-state index >= 15 is 0 Å². The van der Waals surface area contributed by atoms with Crippen molar-refractivity contribution in [1.29, 1.82) is 0 Å². The highest BCUT2D eigenvalue weighted by atomic mass is 16.4. The van der Waals surface area contributed by atoms with Gasteiger partial charge in [0.2, 0.25) is 11.8 Å². The number of carboxylic acid groups (broad SMARTS) is 1. The van der Waals surface area contributed by atoms with E-state index < -0.39 is 23.8 Å². The van der Waals surface area contributed by atoms with Crippen LogP contribution in [0.25, 0.3) is 0 Å². The maximum Gasteiger partial charge on any atom is 0.312 e. The number of carbonyl (C=O) groups excluding carboxylic acids is 2. The molecule has 0 aliphatic rings. The van der Waals surface area contributed by atoms with E-state index in [0.717, 1.165) is 0 Å². The standard InChI is InChI=1S/C22H26N2O4/c1-15(2)13-19(25)24-20(17-11-7-4-8-12-17)21(26)23-14-18(22(27)28)16-9-5-3-6-10-16/h3-12,15,18,20H,13-14H2,1-2H3,(H,23,26)(H,24,25)(H,27,28). The molecule has 6 nitrogen and oxygen atoms in total. The van der Waals surface area contributed by atoms with Gasteiger partial charge in [0, 0.05) is 13.0 Å². The van der Waals surface area contributed by atoms with Crippen LogP contribution in [-0.2, 0) is 14.4 Å². The Morgan fingerprint density at radius 2 is 1.43 bits per heavy atom. The molecular formula is C22H26N2O4. The molecule has 0 saturated carbocycles. The molecule has 28 heavy (non-hydrogen) atoms. The van der Waals surface area contributed by atoms with Gasteiger partial charge in [-0.05, 0) is 17.0 Å². The van der Waals surface area contributed by atoms with E-state index in [4.69, 9.17) is 0 Å². The Morgan fingerprint density at radius 3 is 1.93 bits per heavy atom. The van der Waals surface area contributed by atoms with Gasteiger partial charge in [0.25, 0.3) is 0 Å². The minimum atomic E-state index is -1.02. The Hall–Kier alpha value is -3.15. The fourth-order valence-corrected chi connectivity index (χ4v) is 2.87. The SMILES string of the molecule is CC(C)CC(=O)NC(C(=O)NCC(C(=O)O)c1ccccc1)c1ccccc1. The van der Waals surface area contributed by atoms with Gasteiger partial charge < -0.3 is 15.7 Å². The Morgan fingerprint density at radius 1 is 0.893 bits per heavy atom. The van der Waals surface area contributed by atoms with Gasteiger partial charge >= 0.3 is 5.97 Å². The van der Waals surface area contributed by atoms with E-state index in [2.05, 4.69) is 10.6 Å². The fourth-order valence-electron chi connectivity index (χ4n) is 2.87. The molecule has 2 amide bonds. The zero-order valence-electron chi connectivity index (χ0n) is 16.1. The van der Waals surface area contributed by atoms with Gasteiger partial charge in [-0.25, -0.2) is 0 Å². The normalized spacial score (nSPS) is 12.8. The molecule has 2 aromatic rings.